The highest BCUT2D eigenvalue weighted by molar-refractivity contribution is 6.32. The van der Waals surface area contributed by atoms with Crippen molar-refractivity contribution in [1.29, 1.82) is 0 Å². The van der Waals surface area contributed by atoms with Crippen molar-refractivity contribution >= 4 is 11.6 Å². The second kappa shape index (κ2) is 5.68. The van der Waals surface area contributed by atoms with Gasteiger partial charge in [-0.05, 0) is 24.6 Å². The fourth-order valence-electron chi connectivity index (χ4n) is 1.03. The third-order valence-electron chi connectivity index (χ3n) is 1.73. The van der Waals surface area contributed by atoms with Crippen molar-refractivity contribution in [1.82, 2.24) is 0 Å². The molecule has 0 amide bonds. The van der Waals surface area contributed by atoms with Crippen LogP contribution in [0.3, 0.4) is 0 Å². The topological polar surface area (TPSA) is 35.2 Å². The van der Waals surface area contributed by atoms with E-state index in [-0.39, 0.29) is 0 Å². The third kappa shape index (κ3) is 3.40. The van der Waals surface area contributed by atoms with E-state index < -0.39 is 0 Å². The molecule has 14 heavy (non-hydrogen) atoms. The average molecular weight is 212 g/mol. The van der Waals surface area contributed by atoms with E-state index in [0.717, 1.165) is 5.56 Å². The van der Waals surface area contributed by atoms with Crippen LogP contribution in [0.2, 0.25) is 5.02 Å². The highest BCUT2D eigenvalue weighted by Crippen LogP contribution is 2.24. The van der Waals surface area contributed by atoms with E-state index in [4.69, 9.17) is 22.1 Å². The molecule has 0 atom stereocenters. The first kappa shape index (κ1) is 11.1. The molecular weight excluding hydrogens is 198 g/mol. The number of hydrogen-bond donors (Lipinski definition) is 1. The zero-order valence-corrected chi connectivity index (χ0v) is 8.92. The van der Waals surface area contributed by atoms with E-state index in [0.29, 0.717) is 23.9 Å². The number of benzene rings is 1. The van der Waals surface area contributed by atoms with Crippen LogP contribution in [0.1, 0.15) is 5.56 Å². The van der Waals surface area contributed by atoms with Crippen LogP contribution in [0.5, 0.6) is 5.75 Å². The smallest absolute Gasteiger partial charge is 0.138 e. The van der Waals surface area contributed by atoms with Crippen molar-refractivity contribution in [2.45, 2.75) is 6.92 Å². The Morgan fingerprint density at radius 2 is 2.21 bits per heavy atom. The molecule has 2 N–H and O–H groups in total. The molecule has 0 heterocycles. The van der Waals surface area contributed by atoms with Gasteiger partial charge in [-0.15, -0.1) is 0 Å². The maximum Gasteiger partial charge on any atom is 0.138 e. The lowest BCUT2D eigenvalue weighted by Crippen LogP contribution is -1.97. The molecule has 3 heteroatoms. The van der Waals surface area contributed by atoms with Gasteiger partial charge >= 0.3 is 0 Å². The van der Waals surface area contributed by atoms with E-state index in [1.54, 1.807) is 0 Å². The Balaban J connectivity index is 2.55. The molecule has 0 spiro atoms. The van der Waals surface area contributed by atoms with Gasteiger partial charge in [-0.2, -0.15) is 0 Å². The SMILES string of the molecule is Cc1ccc(OCC=CCN)c(Cl)c1. The molecule has 0 saturated heterocycles. The van der Waals surface area contributed by atoms with Gasteiger partial charge < -0.3 is 10.5 Å². The van der Waals surface area contributed by atoms with Crippen LogP contribution >= 0.6 is 11.6 Å². The molecule has 0 aromatic heterocycles. The summed E-state index contributed by atoms with van der Waals surface area (Å²) in [6, 6.07) is 5.71. The molecule has 0 saturated carbocycles. The molecule has 76 valence electrons. The van der Waals surface area contributed by atoms with Gasteiger partial charge in [0.05, 0.1) is 5.02 Å². The average Bonchev–Trinajstić information content (AvgIpc) is 2.15. The van der Waals surface area contributed by atoms with Gasteiger partial charge in [-0.1, -0.05) is 29.8 Å². The molecule has 0 aliphatic carbocycles. The lowest BCUT2D eigenvalue weighted by Gasteiger charge is -2.05. The molecule has 1 aromatic rings. The minimum absolute atomic E-state index is 0.500. The summed E-state index contributed by atoms with van der Waals surface area (Å²) in [5.74, 6) is 0.707. The first-order chi connectivity index (χ1) is 6.74. The largest absolute Gasteiger partial charge is 0.488 e. The molecular formula is C11H14ClNO. The zero-order chi connectivity index (χ0) is 10.4. The summed E-state index contributed by atoms with van der Waals surface area (Å²) >= 11 is 5.97. The zero-order valence-electron chi connectivity index (χ0n) is 8.16. The number of rotatable bonds is 4. The number of ether oxygens (including phenoxy) is 1. The summed E-state index contributed by atoms with van der Waals surface area (Å²) in [6.45, 7) is 3.02. The second-order valence-corrected chi connectivity index (χ2v) is 3.36. The maximum atomic E-state index is 5.97. The molecule has 1 aromatic carbocycles. The Kier molecular flexibility index (Phi) is 4.50. The number of aryl methyl sites for hydroxylation is 1. The summed E-state index contributed by atoms with van der Waals surface area (Å²) in [4.78, 5) is 0. The van der Waals surface area contributed by atoms with Gasteiger partial charge in [0.2, 0.25) is 0 Å². The van der Waals surface area contributed by atoms with Crippen LogP contribution in [-0.4, -0.2) is 13.2 Å². The minimum Gasteiger partial charge on any atom is -0.488 e. The lowest BCUT2D eigenvalue weighted by atomic mass is 10.2. The first-order valence-electron chi connectivity index (χ1n) is 4.48. The van der Waals surface area contributed by atoms with Gasteiger partial charge in [0.15, 0.2) is 0 Å². The Labute approximate surface area is 89.3 Å². The number of nitrogens with two attached hydrogens (primary N) is 1. The molecule has 0 unspecified atom stereocenters. The van der Waals surface area contributed by atoms with Gasteiger partial charge in [0.1, 0.15) is 12.4 Å². The van der Waals surface area contributed by atoms with E-state index in [9.17, 15) is 0 Å². The first-order valence-corrected chi connectivity index (χ1v) is 4.86. The summed E-state index contributed by atoms with van der Waals surface area (Å²) in [7, 11) is 0. The van der Waals surface area contributed by atoms with Gasteiger partial charge in [-0.25, -0.2) is 0 Å². The van der Waals surface area contributed by atoms with Crippen LogP contribution in [0.15, 0.2) is 30.4 Å². The molecule has 1 rings (SSSR count). The van der Waals surface area contributed by atoms with Crippen molar-refractivity contribution in [3.63, 3.8) is 0 Å². The van der Waals surface area contributed by atoms with E-state index in [1.165, 1.54) is 0 Å². The highest BCUT2D eigenvalue weighted by Gasteiger charge is 1.99. The summed E-state index contributed by atoms with van der Waals surface area (Å²) in [5, 5.41) is 0.645. The Morgan fingerprint density at radius 3 is 2.86 bits per heavy atom. The van der Waals surface area contributed by atoms with Crippen LogP contribution in [0, 0.1) is 6.92 Å². The van der Waals surface area contributed by atoms with Crippen molar-refractivity contribution in [2.24, 2.45) is 5.73 Å². The molecule has 0 aliphatic heterocycles. The van der Waals surface area contributed by atoms with E-state index in [1.807, 2.05) is 37.3 Å². The summed E-state index contributed by atoms with van der Waals surface area (Å²) in [6.07, 6.45) is 3.72. The third-order valence-corrected chi connectivity index (χ3v) is 2.02. The van der Waals surface area contributed by atoms with Gasteiger partial charge in [0, 0.05) is 6.54 Å². The molecule has 0 fully saturated rings. The van der Waals surface area contributed by atoms with Crippen molar-refractivity contribution < 1.29 is 4.74 Å². The molecule has 2 nitrogen and oxygen atoms in total. The van der Waals surface area contributed by atoms with Gasteiger partial charge in [-0.3, -0.25) is 0 Å². The molecule has 0 radical (unpaired) electrons. The number of halogens is 1. The Morgan fingerprint density at radius 1 is 1.43 bits per heavy atom. The van der Waals surface area contributed by atoms with Crippen molar-refractivity contribution in [3.05, 3.63) is 40.9 Å². The van der Waals surface area contributed by atoms with Crippen LogP contribution in [0.4, 0.5) is 0 Å². The normalized spacial score (nSPS) is 10.8. The van der Waals surface area contributed by atoms with E-state index >= 15 is 0 Å². The number of hydrogen-bond acceptors (Lipinski definition) is 2. The fourth-order valence-corrected chi connectivity index (χ4v) is 1.31. The fraction of sp³-hybridized carbons (Fsp3) is 0.273. The van der Waals surface area contributed by atoms with Crippen LogP contribution < -0.4 is 10.5 Å². The van der Waals surface area contributed by atoms with Gasteiger partial charge in [0.25, 0.3) is 0 Å². The second-order valence-electron chi connectivity index (χ2n) is 2.95. The maximum absolute atomic E-state index is 5.97. The Hall–Kier alpha value is -0.990. The van der Waals surface area contributed by atoms with Crippen molar-refractivity contribution in [2.75, 3.05) is 13.2 Å². The summed E-state index contributed by atoms with van der Waals surface area (Å²) in [5.41, 5.74) is 6.41. The molecule has 0 bridgehead atoms. The van der Waals surface area contributed by atoms with Crippen molar-refractivity contribution in [3.8, 4) is 5.75 Å². The monoisotopic (exact) mass is 211 g/mol. The summed E-state index contributed by atoms with van der Waals surface area (Å²) < 4.78 is 5.42. The van der Waals surface area contributed by atoms with Crippen LogP contribution in [0.25, 0.3) is 0 Å². The van der Waals surface area contributed by atoms with E-state index in [2.05, 4.69) is 0 Å². The Bertz CT molecular complexity index is 323. The predicted octanol–water partition coefficient (Wildman–Crippen LogP) is 2.54. The lowest BCUT2D eigenvalue weighted by molar-refractivity contribution is 0.363. The quantitative estimate of drug-likeness (QED) is 0.777. The highest BCUT2D eigenvalue weighted by atomic mass is 35.5. The molecule has 0 aliphatic rings. The van der Waals surface area contributed by atoms with Crippen LogP contribution in [-0.2, 0) is 0 Å². The standard InChI is InChI=1S/C11H14ClNO/c1-9-4-5-11(10(12)8-9)14-7-3-2-6-13/h2-5,8H,6-7,13H2,1H3. The predicted molar refractivity (Wildman–Crippen MR) is 59.9 cm³/mol. The minimum atomic E-state index is 0.500.